The maximum Gasteiger partial charge on any atom is 0.123 e. The lowest BCUT2D eigenvalue weighted by atomic mass is 9.94. The number of hydrogen-bond acceptors (Lipinski definition) is 1. The summed E-state index contributed by atoms with van der Waals surface area (Å²) in [7, 11) is 0. The molecule has 0 saturated heterocycles. The van der Waals surface area contributed by atoms with Crippen molar-refractivity contribution >= 4 is 43.6 Å². The molecular formula is C43H30N2O. The topological polar surface area (TPSA) is 30.1 Å². The van der Waals surface area contributed by atoms with Crippen molar-refractivity contribution in [2.45, 2.75) is 6.92 Å². The summed E-state index contributed by atoms with van der Waals surface area (Å²) >= 11 is 0. The van der Waals surface area contributed by atoms with Crippen molar-refractivity contribution in [2.24, 2.45) is 0 Å². The van der Waals surface area contributed by atoms with Crippen LogP contribution in [0.15, 0.2) is 158 Å². The van der Waals surface area contributed by atoms with E-state index in [9.17, 15) is 5.11 Å². The van der Waals surface area contributed by atoms with Gasteiger partial charge in [-0.15, -0.1) is 0 Å². The summed E-state index contributed by atoms with van der Waals surface area (Å²) in [6, 6.07) is 55.5. The Morgan fingerprint density at radius 2 is 0.870 bits per heavy atom. The number of phenols is 1. The lowest BCUT2D eigenvalue weighted by Crippen LogP contribution is -1.96. The van der Waals surface area contributed by atoms with E-state index in [-0.39, 0.29) is 5.75 Å². The molecule has 3 nitrogen and oxygen atoms in total. The molecule has 218 valence electrons. The number of phenolic OH excluding ortho intramolecular Hbond substituents is 1. The molecular weight excluding hydrogens is 560 g/mol. The predicted molar refractivity (Wildman–Crippen MR) is 192 cm³/mol. The average Bonchev–Trinajstić information content (AvgIpc) is 3.62. The van der Waals surface area contributed by atoms with Crippen LogP contribution in [0.4, 0.5) is 0 Å². The molecule has 2 heterocycles. The number of para-hydroxylation sites is 4. The average molecular weight is 591 g/mol. The Labute approximate surface area is 266 Å². The Hall–Kier alpha value is -6.06. The van der Waals surface area contributed by atoms with E-state index >= 15 is 0 Å². The van der Waals surface area contributed by atoms with Crippen molar-refractivity contribution in [1.29, 1.82) is 0 Å². The number of fused-ring (bicyclic) bond motifs is 6. The first-order valence-corrected chi connectivity index (χ1v) is 15.7. The van der Waals surface area contributed by atoms with Crippen molar-refractivity contribution in [3.8, 4) is 39.4 Å². The number of aryl methyl sites for hydroxylation is 1. The van der Waals surface area contributed by atoms with Gasteiger partial charge in [0.2, 0.25) is 0 Å². The Kier molecular flexibility index (Phi) is 5.87. The minimum atomic E-state index is 0.267. The molecule has 3 heteroatoms. The van der Waals surface area contributed by atoms with E-state index in [4.69, 9.17) is 0 Å². The van der Waals surface area contributed by atoms with Gasteiger partial charge < -0.3 is 14.2 Å². The number of nitrogens with zero attached hydrogens (tertiary/aromatic N) is 2. The van der Waals surface area contributed by atoms with Gasteiger partial charge in [-0.25, -0.2) is 0 Å². The molecule has 0 bridgehead atoms. The maximum absolute atomic E-state index is 11.3. The zero-order valence-electron chi connectivity index (χ0n) is 25.4. The monoisotopic (exact) mass is 590 g/mol. The predicted octanol–water partition coefficient (Wildman–Crippen LogP) is 11.2. The van der Waals surface area contributed by atoms with Gasteiger partial charge in [-0.1, -0.05) is 97.1 Å². The van der Waals surface area contributed by atoms with E-state index in [1.54, 1.807) is 0 Å². The van der Waals surface area contributed by atoms with Gasteiger partial charge in [0.15, 0.2) is 0 Å². The second-order valence-corrected chi connectivity index (χ2v) is 12.0. The number of hydrogen-bond donors (Lipinski definition) is 1. The SMILES string of the molecule is Cc1ccc(-c2cccc(-n3c4ccccc4c4ccccc43)c2)cc1-c1cc(-n2c3ccccc3c3ccccc32)ccc1O. The second kappa shape index (κ2) is 10.3. The standard InChI is InChI=1S/C43H30N2O/c1-28-21-22-30(29-11-10-12-31(25-29)44-39-17-6-2-13-33(39)34-14-3-7-18-40(34)44)26-37(28)38-27-32(23-24-43(38)46)45-41-19-8-4-15-35(41)36-16-5-9-20-42(36)45/h2-27,46H,1H3. The summed E-state index contributed by atoms with van der Waals surface area (Å²) in [5.41, 5.74) is 12.0. The molecule has 0 fully saturated rings. The lowest BCUT2D eigenvalue weighted by molar-refractivity contribution is 0.477. The van der Waals surface area contributed by atoms with Crippen molar-refractivity contribution in [3.05, 3.63) is 163 Å². The fourth-order valence-corrected chi connectivity index (χ4v) is 7.20. The number of aromatic nitrogens is 2. The summed E-state index contributed by atoms with van der Waals surface area (Å²) in [6.07, 6.45) is 0. The van der Waals surface area contributed by atoms with Crippen LogP contribution in [0.2, 0.25) is 0 Å². The smallest absolute Gasteiger partial charge is 0.123 e. The number of benzene rings is 7. The molecule has 0 aliphatic rings. The second-order valence-electron chi connectivity index (χ2n) is 12.0. The van der Waals surface area contributed by atoms with Gasteiger partial charge in [0, 0.05) is 38.5 Å². The minimum Gasteiger partial charge on any atom is -0.507 e. The van der Waals surface area contributed by atoms with E-state index in [0.717, 1.165) is 50.2 Å². The minimum absolute atomic E-state index is 0.267. The van der Waals surface area contributed by atoms with E-state index in [2.05, 4.69) is 162 Å². The van der Waals surface area contributed by atoms with Crippen LogP contribution in [0.1, 0.15) is 5.56 Å². The Morgan fingerprint density at radius 3 is 1.41 bits per heavy atom. The van der Waals surface area contributed by atoms with Crippen LogP contribution in [0.3, 0.4) is 0 Å². The van der Waals surface area contributed by atoms with Gasteiger partial charge in [-0.3, -0.25) is 0 Å². The fourth-order valence-electron chi connectivity index (χ4n) is 7.20. The molecule has 1 N–H and O–H groups in total. The first-order valence-electron chi connectivity index (χ1n) is 15.7. The third-order valence-electron chi connectivity index (χ3n) is 9.36. The summed E-state index contributed by atoms with van der Waals surface area (Å²) in [6.45, 7) is 2.11. The first-order chi connectivity index (χ1) is 22.7. The Balaban J connectivity index is 1.19. The molecule has 9 aromatic rings. The molecule has 0 amide bonds. The van der Waals surface area contributed by atoms with Gasteiger partial charge in [-0.05, 0) is 89.8 Å². The Bertz CT molecular complexity index is 2510. The maximum atomic E-state index is 11.3. The van der Waals surface area contributed by atoms with Crippen LogP contribution in [-0.2, 0) is 0 Å². The zero-order chi connectivity index (χ0) is 30.8. The van der Waals surface area contributed by atoms with Crippen molar-refractivity contribution < 1.29 is 5.11 Å². The molecule has 0 unspecified atom stereocenters. The third kappa shape index (κ3) is 3.99. The fraction of sp³-hybridized carbons (Fsp3) is 0.0233. The van der Waals surface area contributed by atoms with Gasteiger partial charge >= 0.3 is 0 Å². The molecule has 7 aromatic carbocycles. The third-order valence-corrected chi connectivity index (χ3v) is 9.36. The molecule has 0 saturated carbocycles. The highest BCUT2D eigenvalue weighted by Crippen LogP contribution is 2.39. The van der Waals surface area contributed by atoms with Gasteiger partial charge in [0.05, 0.1) is 22.1 Å². The lowest BCUT2D eigenvalue weighted by Gasteiger charge is -2.15. The zero-order valence-corrected chi connectivity index (χ0v) is 25.4. The molecule has 46 heavy (non-hydrogen) atoms. The molecule has 0 aliphatic heterocycles. The number of aromatic hydroxyl groups is 1. The highest BCUT2D eigenvalue weighted by Gasteiger charge is 2.16. The molecule has 0 radical (unpaired) electrons. The van der Waals surface area contributed by atoms with Crippen LogP contribution >= 0.6 is 0 Å². The van der Waals surface area contributed by atoms with E-state index in [0.29, 0.717) is 0 Å². The van der Waals surface area contributed by atoms with Crippen molar-refractivity contribution in [1.82, 2.24) is 9.13 Å². The van der Waals surface area contributed by atoms with Gasteiger partial charge in [0.1, 0.15) is 5.75 Å². The first kappa shape index (κ1) is 26.4. The van der Waals surface area contributed by atoms with Crippen LogP contribution in [0.5, 0.6) is 5.75 Å². The summed E-state index contributed by atoms with van der Waals surface area (Å²) in [5.74, 6) is 0.267. The Morgan fingerprint density at radius 1 is 0.391 bits per heavy atom. The molecule has 9 rings (SSSR count). The molecule has 2 aromatic heterocycles. The van der Waals surface area contributed by atoms with E-state index in [1.165, 1.54) is 32.6 Å². The van der Waals surface area contributed by atoms with Crippen LogP contribution < -0.4 is 0 Å². The quantitative estimate of drug-likeness (QED) is 0.217. The van der Waals surface area contributed by atoms with Gasteiger partial charge in [-0.2, -0.15) is 0 Å². The molecule has 0 atom stereocenters. The van der Waals surface area contributed by atoms with Crippen LogP contribution in [0.25, 0.3) is 77.2 Å². The van der Waals surface area contributed by atoms with E-state index < -0.39 is 0 Å². The molecule has 0 spiro atoms. The van der Waals surface area contributed by atoms with Gasteiger partial charge in [0.25, 0.3) is 0 Å². The highest BCUT2D eigenvalue weighted by atomic mass is 16.3. The van der Waals surface area contributed by atoms with Crippen LogP contribution in [-0.4, -0.2) is 14.2 Å². The molecule has 0 aliphatic carbocycles. The largest absolute Gasteiger partial charge is 0.507 e. The number of rotatable bonds is 4. The summed E-state index contributed by atoms with van der Waals surface area (Å²) in [4.78, 5) is 0. The highest BCUT2D eigenvalue weighted by molar-refractivity contribution is 6.10. The van der Waals surface area contributed by atoms with Crippen LogP contribution in [0, 0.1) is 6.92 Å². The van der Waals surface area contributed by atoms with Crippen molar-refractivity contribution in [3.63, 3.8) is 0 Å². The summed E-state index contributed by atoms with van der Waals surface area (Å²) < 4.78 is 4.65. The van der Waals surface area contributed by atoms with E-state index in [1.807, 2.05) is 12.1 Å². The van der Waals surface area contributed by atoms with Crippen molar-refractivity contribution in [2.75, 3.05) is 0 Å². The summed E-state index contributed by atoms with van der Waals surface area (Å²) in [5, 5.41) is 16.2. The normalized spacial score (nSPS) is 11.7.